The maximum atomic E-state index is 6.98. The normalized spacial score (nSPS) is 12.3. The van der Waals surface area contributed by atoms with Crippen molar-refractivity contribution < 1.29 is 25.8 Å². The third-order valence-corrected chi connectivity index (χ3v) is 13.7. The van der Waals surface area contributed by atoms with Gasteiger partial charge < -0.3 is 19.1 Å². The van der Waals surface area contributed by atoms with Crippen LogP contribution >= 0.6 is 0 Å². The van der Waals surface area contributed by atoms with Gasteiger partial charge in [-0.25, -0.2) is 4.98 Å². The van der Waals surface area contributed by atoms with Gasteiger partial charge in [-0.2, -0.15) is 6.07 Å². The van der Waals surface area contributed by atoms with Gasteiger partial charge in [-0.15, -0.1) is 48.3 Å². The molecule has 1 aliphatic rings. The molecular weight excluding hydrogens is 1060 g/mol. The van der Waals surface area contributed by atoms with Crippen LogP contribution in [0.3, 0.4) is 0 Å². The summed E-state index contributed by atoms with van der Waals surface area (Å²) in [6.07, 6.45) is 2.00. The topological polar surface area (TPSA) is 33.5 Å². The van der Waals surface area contributed by atoms with Crippen LogP contribution in [0.25, 0.3) is 72.1 Å². The molecular formula is C66H51N4OPt-3. The summed E-state index contributed by atoms with van der Waals surface area (Å²) in [5.74, 6) is 1.97. The molecule has 11 aromatic rings. The van der Waals surface area contributed by atoms with Crippen LogP contribution in [0.1, 0.15) is 37.5 Å². The Morgan fingerprint density at radius 1 is 0.514 bits per heavy atom. The molecule has 72 heavy (non-hydrogen) atoms. The molecule has 0 fully saturated rings. The smallest absolute Gasteiger partial charge is 0.135 e. The zero-order chi connectivity index (χ0) is 48.2. The average molecular weight is 1110 g/mol. The van der Waals surface area contributed by atoms with E-state index in [0.29, 0.717) is 11.5 Å². The zero-order valence-corrected chi connectivity index (χ0v) is 43.1. The van der Waals surface area contributed by atoms with E-state index in [-0.39, 0.29) is 26.5 Å². The van der Waals surface area contributed by atoms with E-state index in [1.54, 1.807) is 0 Å². The molecule has 5 nitrogen and oxygen atoms in total. The standard InChI is InChI=1S/C66H51N4O.Pt/c1-44-30-32-49(33-31-44)58-42-67-63(38-45(58)2)70-59-27-13-12-24-56(59)64-57(48-34-36-50(37-35-48)66(3,4)5)40-53(41-62(64)70)71-52-23-16-22-51(39-52)68-43-69(61-29-15-14-28-60(61)68)65-54(46-18-8-6-9-19-46)25-17-26-55(65)47-20-10-7-11-21-47;/h6-38,40,42-43H,1-5H3;/q-3;. The van der Waals surface area contributed by atoms with Crippen LogP contribution < -0.4 is 14.5 Å². The summed E-state index contributed by atoms with van der Waals surface area (Å²) in [6.45, 7) is 13.2. The molecule has 3 heterocycles. The second-order valence-electron chi connectivity index (χ2n) is 19.5. The SMILES string of the molecule is Cc1ccc(-c2cnc(-n3c4[c-]c(Oc5[c-]c(N6[CH-]N(c7c(-c8ccccc8)cccc7-c7ccccc7)c7ccccc76)ccc5)cc(-c5ccc(C(C)(C)C)cc5)c4c4ccccc43)cc2C)cc1.[Pt]. The zero-order valence-electron chi connectivity index (χ0n) is 40.8. The van der Waals surface area contributed by atoms with Crippen LogP contribution in [0.5, 0.6) is 11.5 Å². The summed E-state index contributed by atoms with van der Waals surface area (Å²) in [7, 11) is 0. The van der Waals surface area contributed by atoms with Gasteiger partial charge in [-0.1, -0.05) is 195 Å². The number of nitrogens with zero attached hydrogens (tertiary/aromatic N) is 4. The van der Waals surface area contributed by atoms with Gasteiger partial charge in [-0.3, -0.25) is 0 Å². The summed E-state index contributed by atoms with van der Waals surface area (Å²) in [4.78, 5) is 9.70. The second-order valence-corrected chi connectivity index (χ2v) is 19.5. The maximum absolute atomic E-state index is 6.98. The van der Waals surface area contributed by atoms with Gasteiger partial charge in [0, 0.05) is 78.0 Å². The van der Waals surface area contributed by atoms with E-state index in [1.165, 1.54) is 11.1 Å². The number of hydrogen-bond donors (Lipinski definition) is 0. The molecule has 0 bridgehead atoms. The van der Waals surface area contributed by atoms with Crippen LogP contribution in [-0.2, 0) is 26.5 Å². The van der Waals surface area contributed by atoms with Crippen molar-refractivity contribution in [3.8, 4) is 61.8 Å². The predicted octanol–water partition coefficient (Wildman–Crippen LogP) is 17.6. The summed E-state index contributed by atoms with van der Waals surface area (Å²) < 4.78 is 9.21. The second kappa shape index (κ2) is 19.0. The third kappa shape index (κ3) is 8.48. The fourth-order valence-electron chi connectivity index (χ4n) is 10.1. The number of anilines is 4. The van der Waals surface area contributed by atoms with Gasteiger partial charge in [0.1, 0.15) is 5.82 Å². The maximum Gasteiger partial charge on any atom is 0.135 e. The average Bonchev–Trinajstić information content (AvgIpc) is 3.95. The van der Waals surface area contributed by atoms with E-state index >= 15 is 0 Å². The Hall–Kier alpha value is -7.98. The van der Waals surface area contributed by atoms with Gasteiger partial charge in [0.25, 0.3) is 0 Å². The van der Waals surface area contributed by atoms with Crippen LogP contribution in [-0.4, -0.2) is 9.55 Å². The molecule has 6 heteroatoms. The van der Waals surface area contributed by atoms with Crippen molar-refractivity contribution in [3.05, 3.63) is 248 Å². The molecule has 0 saturated carbocycles. The molecule has 12 rings (SSSR count). The molecule has 2 aromatic heterocycles. The monoisotopic (exact) mass is 1110 g/mol. The van der Waals surface area contributed by atoms with Gasteiger partial charge in [0.15, 0.2) is 0 Å². The van der Waals surface area contributed by atoms with Crippen molar-refractivity contribution >= 4 is 44.6 Å². The minimum Gasteiger partial charge on any atom is -0.509 e. The van der Waals surface area contributed by atoms with Gasteiger partial charge in [0.05, 0.1) is 0 Å². The molecule has 0 saturated heterocycles. The summed E-state index contributed by atoms with van der Waals surface area (Å²) in [6, 6.07) is 80.5. The van der Waals surface area contributed by atoms with Crippen molar-refractivity contribution in [1.82, 2.24) is 9.55 Å². The summed E-state index contributed by atoms with van der Waals surface area (Å²) in [5.41, 5.74) is 18.6. The molecule has 0 aliphatic carbocycles. The van der Waals surface area contributed by atoms with Crippen LogP contribution in [0.2, 0.25) is 0 Å². The van der Waals surface area contributed by atoms with E-state index < -0.39 is 0 Å². The molecule has 0 atom stereocenters. The number of para-hydroxylation sites is 4. The molecule has 1 aliphatic heterocycles. The Bertz CT molecular complexity index is 3710. The number of benzene rings is 9. The van der Waals surface area contributed by atoms with Crippen molar-refractivity contribution in [2.75, 3.05) is 9.80 Å². The first-order valence-corrected chi connectivity index (χ1v) is 24.3. The first-order valence-electron chi connectivity index (χ1n) is 24.3. The Labute approximate surface area is 436 Å². The van der Waals surface area contributed by atoms with E-state index in [0.717, 1.165) is 100 Å². The van der Waals surface area contributed by atoms with E-state index in [1.807, 2.05) is 18.3 Å². The number of ether oxygens (including phenoxy) is 1. The fraction of sp³-hybridized carbons (Fsp3) is 0.0909. The Balaban J connectivity index is 0.00000560. The Morgan fingerprint density at radius 2 is 1.10 bits per heavy atom. The van der Waals surface area contributed by atoms with Crippen molar-refractivity contribution in [3.63, 3.8) is 0 Å². The third-order valence-electron chi connectivity index (χ3n) is 13.7. The first-order chi connectivity index (χ1) is 34.7. The molecule has 9 aromatic carbocycles. The number of fused-ring (bicyclic) bond motifs is 4. The molecule has 0 N–H and O–H groups in total. The quantitative estimate of drug-likeness (QED) is 0.135. The number of hydrogen-bond acceptors (Lipinski definition) is 4. The van der Waals surface area contributed by atoms with Gasteiger partial charge in [-0.05, 0) is 82.3 Å². The fourth-order valence-corrected chi connectivity index (χ4v) is 10.1. The molecule has 0 spiro atoms. The number of rotatable bonds is 9. The molecule has 0 amide bonds. The summed E-state index contributed by atoms with van der Waals surface area (Å²) in [5, 5.41) is 2.21. The van der Waals surface area contributed by atoms with Crippen molar-refractivity contribution in [2.45, 2.75) is 40.0 Å². The Morgan fingerprint density at radius 3 is 1.76 bits per heavy atom. The minimum absolute atomic E-state index is 0. The minimum atomic E-state index is 0. The largest absolute Gasteiger partial charge is 0.509 e. The molecule has 0 unspecified atom stereocenters. The summed E-state index contributed by atoms with van der Waals surface area (Å²) >= 11 is 0. The number of aromatic nitrogens is 2. The van der Waals surface area contributed by atoms with E-state index in [4.69, 9.17) is 9.72 Å². The van der Waals surface area contributed by atoms with E-state index in [2.05, 4.69) is 262 Å². The Kier molecular flexibility index (Phi) is 12.2. The first kappa shape index (κ1) is 46.4. The van der Waals surface area contributed by atoms with Crippen molar-refractivity contribution in [2.24, 2.45) is 0 Å². The van der Waals surface area contributed by atoms with Crippen molar-refractivity contribution in [1.29, 1.82) is 0 Å². The van der Waals surface area contributed by atoms with Gasteiger partial charge in [0.2, 0.25) is 0 Å². The number of aryl methyl sites for hydroxylation is 2. The van der Waals surface area contributed by atoms with Crippen LogP contribution in [0, 0.1) is 32.6 Å². The van der Waals surface area contributed by atoms with Gasteiger partial charge >= 0.3 is 0 Å². The molecule has 354 valence electrons. The molecule has 0 radical (unpaired) electrons. The number of pyridine rings is 1. The predicted molar refractivity (Wildman–Crippen MR) is 294 cm³/mol. The van der Waals surface area contributed by atoms with E-state index in [9.17, 15) is 0 Å². The van der Waals surface area contributed by atoms with Crippen LogP contribution in [0.15, 0.2) is 212 Å². The van der Waals surface area contributed by atoms with Crippen LogP contribution in [0.4, 0.5) is 22.7 Å².